The number of benzene rings is 1. The highest BCUT2D eigenvalue weighted by molar-refractivity contribution is 7.13. The quantitative estimate of drug-likeness (QED) is 0.623. The fourth-order valence-corrected chi connectivity index (χ4v) is 3.41. The van der Waals surface area contributed by atoms with Crippen LogP contribution >= 0.6 is 11.3 Å². The number of aromatic nitrogens is 1. The Bertz CT molecular complexity index is 1100. The minimum absolute atomic E-state index is 0.184. The van der Waals surface area contributed by atoms with Crippen LogP contribution in [0.2, 0.25) is 0 Å². The molecule has 0 aliphatic rings. The molecule has 2 N–H and O–H groups in total. The van der Waals surface area contributed by atoms with Gasteiger partial charge in [-0.15, -0.1) is 11.3 Å². The van der Waals surface area contributed by atoms with E-state index in [1.54, 1.807) is 12.1 Å². The number of ether oxygens (including phenoxy) is 1. The van der Waals surface area contributed by atoms with E-state index in [9.17, 15) is 14.4 Å². The van der Waals surface area contributed by atoms with Gasteiger partial charge in [-0.05, 0) is 25.0 Å². The van der Waals surface area contributed by atoms with Gasteiger partial charge in [0.25, 0.3) is 5.91 Å². The number of carboxylic acids is 1. The second-order valence-electron chi connectivity index (χ2n) is 6.04. The van der Waals surface area contributed by atoms with Crippen molar-refractivity contribution in [2.24, 2.45) is 0 Å². The SMILES string of the molecule is CCc1cc2c(=O)c(-c3nc(C)cs3)coc2cc1OCC(=O)NCC(=O)O. The maximum atomic E-state index is 12.9. The van der Waals surface area contributed by atoms with E-state index in [1.807, 2.05) is 19.2 Å². The highest BCUT2D eigenvalue weighted by Gasteiger charge is 2.15. The molecule has 3 rings (SSSR count). The van der Waals surface area contributed by atoms with Gasteiger partial charge in [0.1, 0.15) is 29.1 Å². The lowest BCUT2D eigenvalue weighted by Gasteiger charge is -2.11. The van der Waals surface area contributed by atoms with Gasteiger partial charge in [-0.1, -0.05) is 6.92 Å². The molecule has 0 saturated heterocycles. The molecule has 0 spiro atoms. The Morgan fingerprint density at radius 1 is 1.36 bits per heavy atom. The smallest absolute Gasteiger partial charge is 0.322 e. The molecule has 1 amide bonds. The number of nitrogens with zero attached hydrogens (tertiary/aromatic N) is 1. The van der Waals surface area contributed by atoms with Crippen molar-refractivity contribution in [1.82, 2.24) is 10.3 Å². The van der Waals surface area contributed by atoms with Gasteiger partial charge in [-0.3, -0.25) is 14.4 Å². The molecule has 0 aliphatic heterocycles. The summed E-state index contributed by atoms with van der Waals surface area (Å²) in [6, 6.07) is 3.26. The van der Waals surface area contributed by atoms with Gasteiger partial charge < -0.3 is 19.6 Å². The van der Waals surface area contributed by atoms with Crippen LogP contribution in [0.15, 0.2) is 33.0 Å². The average molecular weight is 402 g/mol. The van der Waals surface area contributed by atoms with E-state index in [-0.39, 0.29) is 12.0 Å². The standard InChI is InChI=1S/C19H18N2O6S/c1-3-11-4-12-15(5-14(11)27-8-16(22)20-6-17(23)24)26-7-13(18(12)25)19-21-10(2)9-28-19/h4-5,7,9H,3,6,8H2,1-2H3,(H,20,22)(H,23,24). The zero-order chi connectivity index (χ0) is 20.3. The number of hydrogen-bond acceptors (Lipinski definition) is 7. The molecule has 0 saturated carbocycles. The Balaban J connectivity index is 1.90. The normalized spacial score (nSPS) is 10.8. The molecular formula is C19H18N2O6S. The van der Waals surface area contributed by atoms with Crippen LogP contribution in [-0.4, -0.2) is 35.1 Å². The highest BCUT2D eigenvalue weighted by atomic mass is 32.1. The first-order valence-corrected chi connectivity index (χ1v) is 9.39. The fourth-order valence-electron chi connectivity index (χ4n) is 2.61. The zero-order valence-corrected chi connectivity index (χ0v) is 16.1. The minimum Gasteiger partial charge on any atom is -0.483 e. The number of aryl methyl sites for hydroxylation is 2. The number of hydrogen-bond donors (Lipinski definition) is 2. The first kappa shape index (κ1) is 19.6. The number of carbonyl (C=O) groups excluding carboxylic acids is 1. The fraction of sp³-hybridized carbons (Fsp3) is 0.263. The molecule has 1 aromatic carbocycles. The maximum absolute atomic E-state index is 12.9. The number of nitrogens with one attached hydrogen (secondary N) is 1. The third kappa shape index (κ3) is 4.20. The summed E-state index contributed by atoms with van der Waals surface area (Å²) in [4.78, 5) is 39.4. The molecule has 0 bridgehead atoms. The van der Waals surface area contributed by atoms with Crippen LogP contribution < -0.4 is 15.5 Å². The monoisotopic (exact) mass is 402 g/mol. The molecule has 9 heteroatoms. The molecule has 0 fully saturated rings. The van der Waals surface area contributed by atoms with Gasteiger partial charge >= 0.3 is 5.97 Å². The van der Waals surface area contributed by atoms with Crippen molar-refractivity contribution < 1.29 is 23.8 Å². The molecule has 3 aromatic rings. The number of amides is 1. The summed E-state index contributed by atoms with van der Waals surface area (Å²) in [6.45, 7) is 2.93. The maximum Gasteiger partial charge on any atom is 0.322 e. The van der Waals surface area contributed by atoms with E-state index in [4.69, 9.17) is 14.3 Å². The van der Waals surface area contributed by atoms with E-state index in [0.29, 0.717) is 33.7 Å². The van der Waals surface area contributed by atoms with Crippen molar-refractivity contribution >= 4 is 34.2 Å². The van der Waals surface area contributed by atoms with Gasteiger partial charge in [0, 0.05) is 17.1 Å². The Morgan fingerprint density at radius 3 is 2.79 bits per heavy atom. The van der Waals surface area contributed by atoms with Crippen molar-refractivity contribution in [2.45, 2.75) is 20.3 Å². The lowest BCUT2D eigenvalue weighted by Crippen LogP contribution is -2.33. The molecule has 0 aliphatic carbocycles. The molecule has 2 heterocycles. The summed E-state index contributed by atoms with van der Waals surface area (Å²) >= 11 is 1.37. The van der Waals surface area contributed by atoms with Gasteiger partial charge in [0.15, 0.2) is 6.61 Å². The summed E-state index contributed by atoms with van der Waals surface area (Å²) in [5.41, 5.74) is 2.11. The number of thiazole rings is 1. The van der Waals surface area contributed by atoms with Gasteiger partial charge in [-0.2, -0.15) is 0 Å². The Hall–Kier alpha value is -3.20. The number of carboxylic acid groups (broad SMARTS) is 1. The van der Waals surface area contributed by atoms with Crippen molar-refractivity contribution in [3.05, 3.63) is 45.3 Å². The first-order valence-electron chi connectivity index (χ1n) is 8.51. The van der Waals surface area contributed by atoms with Gasteiger partial charge in [-0.25, -0.2) is 4.98 Å². The third-order valence-corrected chi connectivity index (χ3v) is 4.97. The lowest BCUT2D eigenvalue weighted by molar-refractivity contribution is -0.138. The molecular weight excluding hydrogens is 384 g/mol. The minimum atomic E-state index is -1.14. The van der Waals surface area contributed by atoms with E-state index >= 15 is 0 Å². The van der Waals surface area contributed by atoms with Crippen LogP contribution in [0.5, 0.6) is 5.75 Å². The second-order valence-corrected chi connectivity index (χ2v) is 6.90. The molecule has 8 nitrogen and oxygen atoms in total. The summed E-state index contributed by atoms with van der Waals surface area (Å²) in [5, 5.41) is 13.7. The van der Waals surface area contributed by atoms with Crippen LogP contribution in [0, 0.1) is 6.92 Å². The Labute approximate surface area is 163 Å². The van der Waals surface area contributed by atoms with E-state index in [0.717, 1.165) is 11.3 Å². The molecule has 28 heavy (non-hydrogen) atoms. The van der Waals surface area contributed by atoms with E-state index < -0.39 is 18.4 Å². The predicted octanol–water partition coefficient (Wildman–Crippen LogP) is 2.37. The first-order chi connectivity index (χ1) is 13.4. The van der Waals surface area contributed by atoms with Crippen LogP contribution in [-0.2, 0) is 16.0 Å². The van der Waals surface area contributed by atoms with Crippen LogP contribution in [0.1, 0.15) is 18.2 Å². The molecule has 0 radical (unpaired) electrons. The molecule has 2 aromatic heterocycles. The molecule has 0 atom stereocenters. The molecule has 146 valence electrons. The lowest BCUT2D eigenvalue weighted by atomic mass is 10.1. The number of rotatable bonds is 7. The topological polar surface area (TPSA) is 119 Å². The predicted molar refractivity (Wildman–Crippen MR) is 104 cm³/mol. The van der Waals surface area contributed by atoms with E-state index in [2.05, 4.69) is 10.3 Å². The van der Waals surface area contributed by atoms with Crippen molar-refractivity contribution in [1.29, 1.82) is 0 Å². The summed E-state index contributed by atoms with van der Waals surface area (Å²) in [7, 11) is 0. The summed E-state index contributed by atoms with van der Waals surface area (Å²) in [5.74, 6) is -1.29. The Morgan fingerprint density at radius 2 is 2.14 bits per heavy atom. The van der Waals surface area contributed by atoms with E-state index in [1.165, 1.54) is 17.6 Å². The second kappa shape index (κ2) is 8.22. The van der Waals surface area contributed by atoms with Crippen LogP contribution in [0.25, 0.3) is 21.5 Å². The number of carbonyl (C=O) groups is 2. The average Bonchev–Trinajstić information content (AvgIpc) is 3.10. The highest BCUT2D eigenvalue weighted by Crippen LogP contribution is 2.28. The zero-order valence-electron chi connectivity index (χ0n) is 15.3. The van der Waals surface area contributed by atoms with Crippen molar-refractivity contribution in [3.8, 4) is 16.3 Å². The number of aliphatic carboxylic acids is 1. The summed E-state index contributed by atoms with van der Waals surface area (Å²) in [6.07, 6.45) is 1.94. The van der Waals surface area contributed by atoms with Crippen LogP contribution in [0.3, 0.4) is 0 Å². The van der Waals surface area contributed by atoms with Gasteiger partial charge in [0.2, 0.25) is 5.43 Å². The van der Waals surface area contributed by atoms with Crippen LogP contribution in [0.4, 0.5) is 0 Å². The largest absolute Gasteiger partial charge is 0.483 e. The van der Waals surface area contributed by atoms with Crippen molar-refractivity contribution in [2.75, 3.05) is 13.2 Å². The van der Waals surface area contributed by atoms with Crippen molar-refractivity contribution in [3.63, 3.8) is 0 Å². The van der Waals surface area contributed by atoms with Gasteiger partial charge in [0.05, 0.1) is 10.9 Å². The third-order valence-electron chi connectivity index (χ3n) is 3.98. The molecule has 0 unspecified atom stereocenters. The Kier molecular flexibility index (Phi) is 5.74. The summed E-state index contributed by atoms with van der Waals surface area (Å²) < 4.78 is 11.1. The number of fused-ring (bicyclic) bond motifs is 1.